The number of amidine groups is 1. The van der Waals surface area contributed by atoms with Gasteiger partial charge in [-0.15, -0.1) is 0 Å². The van der Waals surface area contributed by atoms with Crippen molar-refractivity contribution in [2.45, 2.75) is 18.9 Å². The summed E-state index contributed by atoms with van der Waals surface area (Å²) in [7, 11) is 0. The molecule has 1 aromatic heterocycles. The zero-order valence-corrected chi connectivity index (χ0v) is 20.6. The molecule has 14 heteroatoms. The van der Waals surface area contributed by atoms with E-state index >= 15 is 0 Å². The highest BCUT2D eigenvalue weighted by atomic mass is 16.4. The van der Waals surface area contributed by atoms with E-state index < -0.39 is 36.1 Å². The van der Waals surface area contributed by atoms with E-state index in [9.17, 15) is 34.8 Å². The summed E-state index contributed by atoms with van der Waals surface area (Å²) in [5.41, 5.74) is 12.7. The lowest BCUT2D eigenvalue weighted by atomic mass is 9.89. The minimum absolute atomic E-state index is 0.00112. The van der Waals surface area contributed by atoms with Crippen LogP contribution in [0.3, 0.4) is 0 Å². The van der Waals surface area contributed by atoms with E-state index in [1.165, 1.54) is 30.3 Å². The van der Waals surface area contributed by atoms with Crippen LogP contribution in [0.4, 0.5) is 4.79 Å². The van der Waals surface area contributed by atoms with Crippen molar-refractivity contribution >= 4 is 34.8 Å². The molecule has 1 heterocycles. The summed E-state index contributed by atoms with van der Waals surface area (Å²) in [5.74, 6) is -5.00. The number of fused-ring (bicyclic) bond motifs is 1. The van der Waals surface area contributed by atoms with Crippen LogP contribution in [0.25, 0.3) is 33.5 Å². The number of aromatic nitrogens is 2. The lowest BCUT2D eigenvalue weighted by Gasteiger charge is -2.17. The van der Waals surface area contributed by atoms with Gasteiger partial charge in [-0.2, -0.15) is 0 Å². The number of rotatable bonds is 9. The monoisotopic (exact) mass is 548 g/mol. The Morgan fingerprint density at radius 2 is 1.70 bits per heavy atom. The largest absolute Gasteiger partial charge is 0.507 e. The molecule has 3 aromatic carbocycles. The third-order valence-electron chi connectivity index (χ3n) is 6.17. The highest BCUT2D eigenvalue weighted by molar-refractivity contribution is 6.00. The second kappa shape index (κ2) is 10.9. The predicted molar refractivity (Wildman–Crippen MR) is 142 cm³/mol. The summed E-state index contributed by atoms with van der Waals surface area (Å²) in [5, 5.41) is 55.5. The summed E-state index contributed by atoms with van der Waals surface area (Å²) in [4.78, 5) is 42.1. The number of urea groups is 1. The van der Waals surface area contributed by atoms with Crippen LogP contribution in [-0.2, 0) is 16.1 Å². The third kappa shape index (κ3) is 5.55. The molecule has 206 valence electrons. The first kappa shape index (κ1) is 27.3. The maximum Gasteiger partial charge on any atom is 0.312 e. The van der Waals surface area contributed by atoms with Crippen molar-refractivity contribution in [3.8, 4) is 34.0 Å². The number of hydrogen-bond acceptors (Lipinski definition) is 8. The van der Waals surface area contributed by atoms with Crippen LogP contribution in [0.5, 0.6) is 11.5 Å². The molecule has 0 aliphatic rings. The number of aliphatic carboxylic acids is 2. The molecule has 0 saturated heterocycles. The minimum atomic E-state index is -1.51. The summed E-state index contributed by atoms with van der Waals surface area (Å²) in [6.45, 7) is -0.00112. The van der Waals surface area contributed by atoms with Crippen LogP contribution < -0.4 is 16.8 Å². The number of benzene rings is 3. The van der Waals surface area contributed by atoms with E-state index in [-0.39, 0.29) is 46.2 Å². The van der Waals surface area contributed by atoms with E-state index in [2.05, 4.69) is 20.4 Å². The molecule has 1 unspecified atom stereocenters. The molecule has 11 N–H and O–H groups in total. The SMILES string of the molecule is NC(=O)NCc1ccc(O)c(-c2cc(C(CC(=O)O)C(=O)O)cc(-c3nc4ccc(/C(N)=N\O)cc4[nH]3)c2O)c1. The Bertz CT molecular complexity index is 1680. The van der Waals surface area contributed by atoms with Crippen LogP contribution >= 0.6 is 0 Å². The number of carboxylic acids is 2. The van der Waals surface area contributed by atoms with Gasteiger partial charge >= 0.3 is 18.0 Å². The molecule has 0 aliphatic heterocycles. The number of aromatic amines is 1. The smallest absolute Gasteiger partial charge is 0.312 e. The average Bonchev–Trinajstić information content (AvgIpc) is 3.34. The van der Waals surface area contributed by atoms with Gasteiger partial charge in [0.1, 0.15) is 17.3 Å². The molecule has 2 amide bonds. The maximum absolute atomic E-state index is 12.1. The van der Waals surface area contributed by atoms with Crippen molar-refractivity contribution in [2.75, 3.05) is 0 Å². The van der Waals surface area contributed by atoms with E-state index in [1.54, 1.807) is 18.2 Å². The molecule has 14 nitrogen and oxygen atoms in total. The van der Waals surface area contributed by atoms with Crippen LogP contribution in [0.15, 0.2) is 53.7 Å². The number of imidazole rings is 1. The Balaban J connectivity index is 1.95. The zero-order chi connectivity index (χ0) is 29.1. The zero-order valence-electron chi connectivity index (χ0n) is 20.6. The Labute approximate surface area is 225 Å². The number of amides is 2. The number of primary amides is 1. The first-order valence-corrected chi connectivity index (χ1v) is 11.6. The second-order valence-corrected chi connectivity index (χ2v) is 8.83. The molecule has 4 rings (SSSR count). The van der Waals surface area contributed by atoms with Crippen molar-refractivity contribution in [1.29, 1.82) is 0 Å². The van der Waals surface area contributed by atoms with Gasteiger partial charge in [-0.05, 0) is 53.6 Å². The Hall–Kier alpha value is -5.79. The van der Waals surface area contributed by atoms with Gasteiger partial charge in [0.15, 0.2) is 5.84 Å². The first-order chi connectivity index (χ1) is 19.0. The van der Waals surface area contributed by atoms with Gasteiger partial charge in [0, 0.05) is 23.2 Å². The van der Waals surface area contributed by atoms with Gasteiger partial charge in [0.2, 0.25) is 0 Å². The van der Waals surface area contributed by atoms with Gasteiger partial charge < -0.3 is 47.4 Å². The van der Waals surface area contributed by atoms with Crippen LogP contribution in [0.2, 0.25) is 0 Å². The fourth-order valence-corrected chi connectivity index (χ4v) is 4.22. The van der Waals surface area contributed by atoms with Gasteiger partial charge in [0.25, 0.3) is 0 Å². The average molecular weight is 549 g/mol. The molecule has 1 atom stereocenters. The van der Waals surface area contributed by atoms with Crippen molar-refractivity contribution < 1.29 is 40.0 Å². The van der Waals surface area contributed by atoms with Crippen LogP contribution in [0, 0.1) is 0 Å². The third-order valence-corrected chi connectivity index (χ3v) is 6.17. The number of oxime groups is 1. The number of carbonyl (C=O) groups is 3. The lowest BCUT2D eigenvalue weighted by Crippen LogP contribution is -2.28. The van der Waals surface area contributed by atoms with Crippen LogP contribution in [0.1, 0.15) is 29.0 Å². The van der Waals surface area contributed by atoms with Crippen molar-refractivity contribution in [3.63, 3.8) is 0 Å². The lowest BCUT2D eigenvalue weighted by molar-refractivity contribution is -0.145. The standard InChI is InChI=1S/C26H24N6O8/c27-23(32-40)12-2-3-18-19(8-12)31-24(30-18)17-7-13(14(25(37)38)9-21(34)35)6-16(22(17)36)15-5-11(1-4-20(15)33)10-29-26(28)39/h1-8,14,33,36,40H,9-10H2,(H2,27,32)(H,30,31)(H,34,35)(H,37,38)(H3,28,29,39). The normalized spacial score (nSPS) is 12.2. The highest BCUT2D eigenvalue weighted by Crippen LogP contribution is 2.44. The van der Waals surface area contributed by atoms with E-state index in [1.807, 2.05) is 0 Å². The summed E-state index contributed by atoms with van der Waals surface area (Å²) in [6, 6.07) is 10.8. The highest BCUT2D eigenvalue weighted by Gasteiger charge is 2.27. The molecule has 0 saturated carbocycles. The Kier molecular flexibility index (Phi) is 7.43. The van der Waals surface area contributed by atoms with Crippen molar-refractivity contribution in [1.82, 2.24) is 15.3 Å². The molecule has 0 fully saturated rings. The summed E-state index contributed by atoms with van der Waals surface area (Å²) in [6.07, 6.45) is -0.753. The molecule has 4 aromatic rings. The summed E-state index contributed by atoms with van der Waals surface area (Å²) < 4.78 is 0. The Morgan fingerprint density at radius 1 is 0.975 bits per heavy atom. The molecule has 0 spiro atoms. The quantitative estimate of drug-likeness (QED) is 0.0637. The fraction of sp³-hybridized carbons (Fsp3) is 0.115. The molecule has 0 aliphatic carbocycles. The van der Waals surface area contributed by atoms with Crippen LogP contribution in [-0.4, -0.2) is 59.4 Å². The minimum Gasteiger partial charge on any atom is -0.507 e. The van der Waals surface area contributed by atoms with Gasteiger partial charge in [-0.25, -0.2) is 9.78 Å². The van der Waals surface area contributed by atoms with Gasteiger partial charge in [0.05, 0.1) is 28.9 Å². The summed E-state index contributed by atoms with van der Waals surface area (Å²) >= 11 is 0. The van der Waals surface area contributed by atoms with Gasteiger partial charge in [-0.3, -0.25) is 9.59 Å². The number of nitrogens with zero attached hydrogens (tertiary/aromatic N) is 2. The molecular formula is C26H24N6O8. The predicted octanol–water partition coefficient (Wildman–Crippen LogP) is 2.21. The number of phenolic OH excluding ortho intramolecular Hbond substituents is 2. The topological polar surface area (TPSA) is 257 Å². The first-order valence-electron chi connectivity index (χ1n) is 11.6. The molecule has 0 bridgehead atoms. The number of aromatic hydroxyl groups is 2. The molecule has 0 radical (unpaired) electrons. The molecule has 40 heavy (non-hydrogen) atoms. The molecular weight excluding hydrogens is 524 g/mol. The van der Waals surface area contributed by atoms with E-state index in [0.717, 1.165) is 0 Å². The number of carboxylic acid groups (broad SMARTS) is 2. The van der Waals surface area contributed by atoms with Gasteiger partial charge in [-0.1, -0.05) is 11.2 Å². The number of hydrogen-bond donors (Lipinski definition) is 9. The van der Waals surface area contributed by atoms with E-state index in [0.29, 0.717) is 22.2 Å². The van der Waals surface area contributed by atoms with Crippen molar-refractivity contribution in [3.05, 3.63) is 65.2 Å². The number of nitrogens with two attached hydrogens (primary N) is 2. The second-order valence-electron chi connectivity index (χ2n) is 8.83. The number of phenols is 2. The number of H-pyrrole nitrogens is 1. The van der Waals surface area contributed by atoms with Crippen molar-refractivity contribution in [2.24, 2.45) is 16.6 Å². The Morgan fingerprint density at radius 3 is 2.35 bits per heavy atom. The van der Waals surface area contributed by atoms with E-state index in [4.69, 9.17) is 16.7 Å². The maximum atomic E-state index is 12.1. The number of carbonyl (C=O) groups excluding carboxylic acids is 1. The fourth-order valence-electron chi connectivity index (χ4n) is 4.22. The number of nitrogens with one attached hydrogen (secondary N) is 2.